The Balaban J connectivity index is 1.71. The van der Waals surface area contributed by atoms with Crippen molar-refractivity contribution in [3.8, 4) is 28.6 Å². The number of nitro groups is 1. The molecule has 0 aliphatic carbocycles. The van der Waals surface area contributed by atoms with Gasteiger partial charge in [-0.15, -0.1) is 0 Å². The molecule has 1 heterocycles. The van der Waals surface area contributed by atoms with Crippen LogP contribution < -0.4 is 14.2 Å². The van der Waals surface area contributed by atoms with Crippen molar-refractivity contribution in [3.05, 3.63) is 58.5 Å². The number of aromatic nitrogens is 2. The van der Waals surface area contributed by atoms with Crippen molar-refractivity contribution in [3.63, 3.8) is 0 Å². The van der Waals surface area contributed by atoms with E-state index in [1.807, 2.05) is 0 Å². The van der Waals surface area contributed by atoms with Crippen LogP contribution in [-0.2, 0) is 6.61 Å². The Morgan fingerprint density at radius 3 is 2.46 bits per heavy atom. The van der Waals surface area contributed by atoms with E-state index >= 15 is 0 Å². The van der Waals surface area contributed by atoms with Gasteiger partial charge >= 0.3 is 0 Å². The molecule has 0 unspecified atom stereocenters. The van der Waals surface area contributed by atoms with E-state index in [1.54, 1.807) is 25.3 Å². The molecule has 0 saturated carbocycles. The maximum atomic E-state index is 10.6. The second-order valence-corrected chi connectivity index (χ2v) is 5.12. The summed E-state index contributed by atoms with van der Waals surface area (Å²) in [7, 11) is 3.10. The highest BCUT2D eigenvalue weighted by molar-refractivity contribution is 5.65. The van der Waals surface area contributed by atoms with Crippen LogP contribution in [0.4, 0.5) is 5.69 Å². The van der Waals surface area contributed by atoms with Gasteiger partial charge in [-0.25, -0.2) is 0 Å². The summed E-state index contributed by atoms with van der Waals surface area (Å²) < 4.78 is 21.2. The lowest BCUT2D eigenvalue weighted by Gasteiger charge is -2.07. The number of nitrogens with zero attached hydrogens (tertiary/aromatic N) is 3. The number of methoxy groups -OCH3 is 2. The zero-order chi connectivity index (χ0) is 18.5. The fraction of sp³-hybridized carbons (Fsp3) is 0.176. The van der Waals surface area contributed by atoms with Crippen molar-refractivity contribution >= 4 is 5.69 Å². The van der Waals surface area contributed by atoms with Gasteiger partial charge < -0.3 is 18.7 Å². The predicted octanol–water partition coefficient (Wildman–Crippen LogP) is 3.24. The van der Waals surface area contributed by atoms with Crippen LogP contribution in [0.5, 0.6) is 17.2 Å². The second kappa shape index (κ2) is 7.51. The lowest BCUT2D eigenvalue weighted by Crippen LogP contribution is -1.96. The minimum absolute atomic E-state index is 0.0102. The minimum Gasteiger partial charge on any atom is -0.497 e. The maximum absolute atomic E-state index is 10.6. The molecule has 26 heavy (non-hydrogen) atoms. The monoisotopic (exact) mass is 357 g/mol. The molecule has 0 radical (unpaired) electrons. The van der Waals surface area contributed by atoms with Crippen LogP contribution in [0.3, 0.4) is 0 Å². The molecule has 0 amide bonds. The molecule has 3 rings (SSSR count). The first kappa shape index (κ1) is 17.2. The molecule has 0 bridgehead atoms. The number of non-ortho nitro benzene ring substituents is 1. The molecule has 9 heteroatoms. The van der Waals surface area contributed by atoms with Crippen molar-refractivity contribution in [1.82, 2.24) is 10.1 Å². The van der Waals surface area contributed by atoms with E-state index in [9.17, 15) is 10.1 Å². The zero-order valence-electron chi connectivity index (χ0n) is 14.0. The smallest absolute Gasteiger partial charge is 0.269 e. The molecule has 0 spiro atoms. The number of nitro benzene ring substituents is 1. The van der Waals surface area contributed by atoms with Crippen LogP contribution in [0.1, 0.15) is 5.89 Å². The highest BCUT2D eigenvalue weighted by Crippen LogP contribution is 2.31. The molecule has 3 aromatic rings. The SMILES string of the molecule is COc1ccc(-c2noc(COc3ccc([N+](=O)[O-])cc3)n2)c(OC)c1. The maximum Gasteiger partial charge on any atom is 0.269 e. The van der Waals surface area contributed by atoms with Gasteiger partial charge in [0, 0.05) is 18.2 Å². The van der Waals surface area contributed by atoms with E-state index < -0.39 is 4.92 Å². The van der Waals surface area contributed by atoms with Crippen molar-refractivity contribution in [1.29, 1.82) is 0 Å². The van der Waals surface area contributed by atoms with E-state index in [1.165, 1.54) is 31.4 Å². The Labute approximate surface area is 148 Å². The number of benzene rings is 2. The van der Waals surface area contributed by atoms with Gasteiger partial charge in [0.05, 0.1) is 24.7 Å². The van der Waals surface area contributed by atoms with E-state index in [0.29, 0.717) is 28.6 Å². The van der Waals surface area contributed by atoms with E-state index in [4.69, 9.17) is 18.7 Å². The van der Waals surface area contributed by atoms with Crippen molar-refractivity contribution in [2.24, 2.45) is 0 Å². The summed E-state index contributed by atoms with van der Waals surface area (Å²) in [5.74, 6) is 2.27. The van der Waals surface area contributed by atoms with Crippen LogP contribution in [0, 0.1) is 10.1 Å². The Morgan fingerprint density at radius 2 is 1.81 bits per heavy atom. The standard InChI is InChI=1S/C17H15N3O6/c1-23-13-7-8-14(15(9-13)24-2)17-18-16(26-19-17)10-25-12-5-3-11(4-6-12)20(21)22/h3-9H,10H2,1-2H3. The third-order valence-corrected chi connectivity index (χ3v) is 3.53. The molecule has 0 atom stereocenters. The average molecular weight is 357 g/mol. The first-order chi connectivity index (χ1) is 12.6. The Morgan fingerprint density at radius 1 is 1.08 bits per heavy atom. The number of hydrogen-bond donors (Lipinski definition) is 0. The molecule has 0 aliphatic heterocycles. The minimum atomic E-state index is -0.476. The van der Waals surface area contributed by atoms with Gasteiger partial charge in [-0.05, 0) is 24.3 Å². The second-order valence-electron chi connectivity index (χ2n) is 5.12. The summed E-state index contributed by atoms with van der Waals surface area (Å²) in [5, 5.41) is 14.6. The van der Waals surface area contributed by atoms with E-state index in [2.05, 4.69) is 10.1 Å². The molecule has 0 saturated heterocycles. The number of hydrogen-bond acceptors (Lipinski definition) is 8. The molecule has 0 N–H and O–H groups in total. The topological polar surface area (TPSA) is 110 Å². The van der Waals surface area contributed by atoms with Crippen LogP contribution in [-0.4, -0.2) is 29.3 Å². The van der Waals surface area contributed by atoms with Gasteiger partial charge in [-0.2, -0.15) is 4.98 Å². The lowest BCUT2D eigenvalue weighted by atomic mass is 10.2. The summed E-state index contributed by atoms with van der Waals surface area (Å²) in [5.41, 5.74) is 0.641. The summed E-state index contributed by atoms with van der Waals surface area (Å²) in [6.07, 6.45) is 0. The lowest BCUT2D eigenvalue weighted by molar-refractivity contribution is -0.384. The molecular formula is C17H15N3O6. The van der Waals surface area contributed by atoms with E-state index in [0.717, 1.165) is 0 Å². The third kappa shape index (κ3) is 3.72. The molecule has 0 fully saturated rings. The molecule has 134 valence electrons. The number of rotatable bonds is 7. The molecular weight excluding hydrogens is 342 g/mol. The highest BCUT2D eigenvalue weighted by Gasteiger charge is 2.15. The fourth-order valence-corrected chi connectivity index (χ4v) is 2.22. The van der Waals surface area contributed by atoms with Crippen LogP contribution in [0.2, 0.25) is 0 Å². The van der Waals surface area contributed by atoms with Crippen LogP contribution in [0.25, 0.3) is 11.4 Å². The van der Waals surface area contributed by atoms with Crippen LogP contribution in [0.15, 0.2) is 47.0 Å². The van der Waals surface area contributed by atoms with Gasteiger partial charge in [-0.3, -0.25) is 10.1 Å². The Bertz CT molecular complexity index is 907. The van der Waals surface area contributed by atoms with Crippen molar-refractivity contribution in [2.45, 2.75) is 6.61 Å². The molecule has 1 aromatic heterocycles. The van der Waals surface area contributed by atoms with Gasteiger partial charge in [-0.1, -0.05) is 5.16 Å². The van der Waals surface area contributed by atoms with Crippen molar-refractivity contribution < 1.29 is 23.7 Å². The summed E-state index contributed by atoms with van der Waals surface area (Å²) in [6.45, 7) is 0.0310. The highest BCUT2D eigenvalue weighted by atomic mass is 16.6. The van der Waals surface area contributed by atoms with Crippen LogP contribution >= 0.6 is 0 Å². The van der Waals surface area contributed by atoms with Gasteiger partial charge in [0.1, 0.15) is 17.2 Å². The van der Waals surface area contributed by atoms with E-state index in [-0.39, 0.29) is 18.2 Å². The molecule has 0 aliphatic rings. The largest absolute Gasteiger partial charge is 0.497 e. The summed E-state index contributed by atoms with van der Waals surface area (Å²) in [6, 6.07) is 11.0. The number of ether oxygens (including phenoxy) is 3. The first-order valence-electron chi connectivity index (χ1n) is 7.53. The Hall–Kier alpha value is -3.62. The normalized spacial score (nSPS) is 10.4. The summed E-state index contributed by atoms with van der Waals surface area (Å²) in [4.78, 5) is 14.4. The van der Waals surface area contributed by atoms with Gasteiger partial charge in [0.15, 0.2) is 6.61 Å². The van der Waals surface area contributed by atoms with Crippen molar-refractivity contribution in [2.75, 3.05) is 14.2 Å². The van der Waals surface area contributed by atoms with Gasteiger partial charge in [0.2, 0.25) is 5.82 Å². The van der Waals surface area contributed by atoms with Gasteiger partial charge in [0.25, 0.3) is 11.6 Å². The summed E-state index contributed by atoms with van der Waals surface area (Å²) >= 11 is 0. The fourth-order valence-electron chi connectivity index (χ4n) is 2.22. The predicted molar refractivity (Wildman–Crippen MR) is 90.3 cm³/mol. The first-order valence-corrected chi connectivity index (χ1v) is 7.53. The average Bonchev–Trinajstić information content (AvgIpc) is 3.15. The third-order valence-electron chi connectivity index (χ3n) is 3.53. The molecule has 2 aromatic carbocycles. The zero-order valence-corrected chi connectivity index (χ0v) is 14.0. The molecule has 9 nitrogen and oxygen atoms in total. The quantitative estimate of drug-likeness (QED) is 0.468. The Kier molecular flexibility index (Phi) is 4.97.